The van der Waals surface area contributed by atoms with Crippen LogP contribution in [0.4, 0.5) is 0 Å². The van der Waals surface area contributed by atoms with Crippen molar-refractivity contribution in [2.45, 2.75) is 0 Å². The van der Waals surface area contributed by atoms with Crippen LogP contribution in [0.15, 0.2) is 55.2 Å². The van der Waals surface area contributed by atoms with Gasteiger partial charge in [-0.25, -0.2) is 4.79 Å². The Labute approximate surface area is 111 Å². The summed E-state index contributed by atoms with van der Waals surface area (Å²) in [5, 5.41) is 0. The van der Waals surface area contributed by atoms with Crippen LogP contribution in [0.1, 0.15) is 5.69 Å². The van der Waals surface area contributed by atoms with Gasteiger partial charge in [0, 0.05) is 6.20 Å². The number of para-hydroxylation sites is 1. The molecule has 0 N–H and O–H groups in total. The lowest BCUT2D eigenvalue weighted by atomic mass is 10.2. The van der Waals surface area contributed by atoms with Gasteiger partial charge in [-0.3, -0.25) is 4.98 Å². The van der Waals surface area contributed by atoms with Crippen LogP contribution in [0.5, 0.6) is 11.5 Å². The first-order valence-electron chi connectivity index (χ1n) is 5.68. The molecule has 0 spiro atoms. The molecule has 4 nitrogen and oxygen atoms in total. The number of esters is 1. The molecule has 1 heterocycles. The van der Waals surface area contributed by atoms with Crippen molar-refractivity contribution in [3.05, 3.63) is 60.9 Å². The summed E-state index contributed by atoms with van der Waals surface area (Å²) < 4.78 is 10.3. The van der Waals surface area contributed by atoms with E-state index in [-0.39, 0.29) is 5.57 Å². The maximum Gasteiger partial charge on any atom is 0.339 e. The number of carbonyl (C=O) groups excluding carboxylic acids is 1. The van der Waals surface area contributed by atoms with Crippen LogP contribution >= 0.6 is 0 Å². The van der Waals surface area contributed by atoms with E-state index < -0.39 is 5.97 Å². The first kappa shape index (κ1) is 12.8. The predicted molar refractivity (Wildman–Crippen MR) is 71.8 cm³/mol. The molecule has 1 aromatic heterocycles. The lowest BCUT2D eigenvalue weighted by molar-refractivity contribution is -0.133. The van der Waals surface area contributed by atoms with Gasteiger partial charge in [0.05, 0.1) is 12.7 Å². The molecule has 2 aromatic rings. The number of benzene rings is 1. The number of aromatic nitrogens is 1. The summed E-state index contributed by atoms with van der Waals surface area (Å²) in [7, 11) is 1.30. The molecule has 0 radical (unpaired) electrons. The van der Waals surface area contributed by atoms with Crippen molar-refractivity contribution in [2.24, 2.45) is 0 Å². The predicted octanol–water partition coefficient (Wildman–Crippen LogP) is 3.06. The summed E-state index contributed by atoms with van der Waals surface area (Å²) in [5.41, 5.74) is 0.534. The standard InChI is InChI=1S/C15H13NO3/c1-11(15(17)18-2)14-13(9-6-10-16-14)19-12-7-4-3-5-8-12/h3-10H,1H2,2H3. The second kappa shape index (κ2) is 5.82. The first-order chi connectivity index (χ1) is 9.22. The molecular formula is C15H13NO3. The fraction of sp³-hybridized carbons (Fsp3) is 0.0667. The van der Waals surface area contributed by atoms with Crippen molar-refractivity contribution in [1.29, 1.82) is 0 Å². The van der Waals surface area contributed by atoms with Gasteiger partial charge in [-0.15, -0.1) is 0 Å². The third-order valence-electron chi connectivity index (χ3n) is 2.46. The van der Waals surface area contributed by atoms with Gasteiger partial charge < -0.3 is 9.47 Å². The molecule has 0 aliphatic carbocycles. The van der Waals surface area contributed by atoms with Crippen molar-refractivity contribution in [3.63, 3.8) is 0 Å². The Morgan fingerprint density at radius 2 is 1.89 bits per heavy atom. The average molecular weight is 255 g/mol. The number of nitrogens with zero attached hydrogens (tertiary/aromatic N) is 1. The zero-order chi connectivity index (χ0) is 13.7. The van der Waals surface area contributed by atoms with E-state index in [0.717, 1.165) is 0 Å². The van der Waals surface area contributed by atoms with Gasteiger partial charge >= 0.3 is 5.97 Å². The third-order valence-corrected chi connectivity index (χ3v) is 2.46. The van der Waals surface area contributed by atoms with E-state index >= 15 is 0 Å². The minimum absolute atomic E-state index is 0.161. The molecule has 2 rings (SSSR count). The Morgan fingerprint density at radius 1 is 1.16 bits per heavy atom. The number of hydrogen-bond acceptors (Lipinski definition) is 4. The molecule has 0 saturated carbocycles. The largest absolute Gasteiger partial charge is 0.465 e. The molecule has 4 heteroatoms. The maximum absolute atomic E-state index is 11.5. The lowest BCUT2D eigenvalue weighted by Gasteiger charge is -2.10. The van der Waals surface area contributed by atoms with Gasteiger partial charge in [0.2, 0.25) is 0 Å². The molecule has 0 bridgehead atoms. The van der Waals surface area contributed by atoms with Crippen LogP contribution in [-0.4, -0.2) is 18.1 Å². The number of rotatable bonds is 4. The quantitative estimate of drug-likeness (QED) is 0.622. The van der Waals surface area contributed by atoms with Gasteiger partial charge in [-0.1, -0.05) is 24.8 Å². The van der Waals surface area contributed by atoms with E-state index in [0.29, 0.717) is 17.2 Å². The molecule has 0 amide bonds. The zero-order valence-electron chi connectivity index (χ0n) is 10.5. The van der Waals surface area contributed by atoms with Crippen LogP contribution in [-0.2, 0) is 9.53 Å². The molecule has 0 unspecified atom stereocenters. The van der Waals surface area contributed by atoms with Crippen LogP contribution in [0, 0.1) is 0 Å². The molecule has 0 aliphatic heterocycles. The third kappa shape index (κ3) is 2.98. The SMILES string of the molecule is C=C(C(=O)OC)c1ncccc1Oc1ccccc1. The molecule has 96 valence electrons. The van der Waals surface area contributed by atoms with Crippen molar-refractivity contribution in [3.8, 4) is 11.5 Å². The fourth-order valence-electron chi connectivity index (χ4n) is 1.53. The summed E-state index contributed by atoms with van der Waals surface area (Å²) in [4.78, 5) is 15.6. The van der Waals surface area contributed by atoms with Gasteiger partial charge in [-0.05, 0) is 24.3 Å². The topological polar surface area (TPSA) is 48.4 Å². The average Bonchev–Trinajstić information content (AvgIpc) is 2.47. The highest BCUT2D eigenvalue weighted by Gasteiger charge is 2.16. The van der Waals surface area contributed by atoms with Gasteiger partial charge in [0.25, 0.3) is 0 Å². The molecule has 0 atom stereocenters. The second-order valence-electron chi connectivity index (χ2n) is 3.74. The van der Waals surface area contributed by atoms with Gasteiger partial charge in [0.15, 0.2) is 5.75 Å². The summed E-state index contributed by atoms with van der Waals surface area (Å²) in [6.45, 7) is 3.68. The Balaban J connectivity index is 2.31. The Morgan fingerprint density at radius 3 is 2.58 bits per heavy atom. The summed E-state index contributed by atoms with van der Waals surface area (Å²) in [5.74, 6) is 0.593. The molecule has 1 aromatic carbocycles. The first-order valence-corrected chi connectivity index (χ1v) is 5.68. The highest BCUT2D eigenvalue weighted by Crippen LogP contribution is 2.27. The normalized spacial score (nSPS) is 9.74. The Bertz CT molecular complexity index is 593. The number of methoxy groups -OCH3 is 1. The lowest BCUT2D eigenvalue weighted by Crippen LogP contribution is -2.05. The summed E-state index contributed by atoms with van der Waals surface area (Å²) in [6, 6.07) is 12.7. The molecule has 0 saturated heterocycles. The van der Waals surface area contributed by atoms with Crippen LogP contribution < -0.4 is 4.74 Å². The van der Waals surface area contributed by atoms with Gasteiger partial charge in [0.1, 0.15) is 11.4 Å². The maximum atomic E-state index is 11.5. The van der Waals surface area contributed by atoms with Crippen LogP contribution in [0.2, 0.25) is 0 Å². The second-order valence-corrected chi connectivity index (χ2v) is 3.74. The minimum Gasteiger partial charge on any atom is -0.465 e. The van der Waals surface area contributed by atoms with Gasteiger partial charge in [-0.2, -0.15) is 0 Å². The van der Waals surface area contributed by atoms with Crippen LogP contribution in [0.25, 0.3) is 5.57 Å². The van der Waals surface area contributed by atoms with E-state index in [1.165, 1.54) is 7.11 Å². The molecule has 0 fully saturated rings. The smallest absolute Gasteiger partial charge is 0.339 e. The van der Waals surface area contributed by atoms with E-state index in [9.17, 15) is 4.79 Å². The summed E-state index contributed by atoms with van der Waals surface area (Å²) >= 11 is 0. The zero-order valence-corrected chi connectivity index (χ0v) is 10.5. The summed E-state index contributed by atoms with van der Waals surface area (Å²) in [6.07, 6.45) is 1.57. The Kier molecular flexibility index (Phi) is 3.93. The fourth-order valence-corrected chi connectivity index (χ4v) is 1.53. The van der Waals surface area contributed by atoms with Crippen LogP contribution in [0.3, 0.4) is 0 Å². The van der Waals surface area contributed by atoms with E-state index in [1.54, 1.807) is 18.3 Å². The van der Waals surface area contributed by atoms with Crippen molar-refractivity contribution >= 4 is 11.5 Å². The number of hydrogen-bond donors (Lipinski definition) is 0. The highest BCUT2D eigenvalue weighted by atomic mass is 16.5. The number of ether oxygens (including phenoxy) is 2. The van der Waals surface area contributed by atoms with E-state index in [1.807, 2.05) is 30.3 Å². The number of pyridine rings is 1. The van der Waals surface area contributed by atoms with Crippen molar-refractivity contribution < 1.29 is 14.3 Å². The minimum atomic E-state index is -0.531. The monoisotopic (exact) mass is 255 g/mol. The van der Waals surface area contributed by atoms with E-state index in [2.05, 4.69) is 16.3 Å². The van der Waals surface area contributed by atoms with E-state index in [4.69, 9.17) is 4.74 Å². The van der Waals surface area contributed by atoms with Crippen molar-refractivity contribution in [1.82, 2.24) is 4.98 Å². The molecule has 19 heavy (non-hydrogen) atoms. The molecular weight excluding hydrogens is 242 g/mol. The highest BCUT2D eigenvalue weighted by molar-refractivity contribution is 6.15. The van der Waals surface area contributed by atoms with Crippen molar-refractivity contribution in [2.75, 3.05) is 7.11 Å². The molecule has 0 aliphatic rings. The Hall–Kier alpha value is -2.62. The number of carbonyl (C=O) groups is 1.